The number of furan rings is 2. The lowest BCUT2D eigenvalue weighted by Gasteiger charge is -2.23. The number of rotatable bonds is 19. The highest BCUT2D eigenvalue weighted by atomic mass is 16.6. The summed E-state index contributed by atoms with van der Waals surface area (Å²) in [5.74, 6) is -2.02. The van der Waals surface area contributed by atoms with Crippen LogP contribution in [0.1, 0.15) is 67.5 Å². The molecule has 8 rings (SSSR count). The van der Waals surface area contributed by atoms with E-state index >= 15 is 0 Å². The number of ether oxygens (including phenoxy) is 1. The molecule has 0 aliphatic carbocycles. The molecule has 15 nitrogen and oxygen atoms in total. The molecule has 0 saturated carbocycles. The molecule has 0 aliphatic rings. The van der Waals surface area contributed by atoms with Gasteiger partial charge in [0.1, 0.15) is 46.3 Å². The zero-order valence-electron chi connectivity index (χ0n) is 33.9. The third-order valence-corrected chi connectivity index (χ3v) is 11.1. The van der Waals surface area contributed by atoms with Crippen LogP contribution in [0.15, 0.2) is 113 Å². The number of aliphatic hydroxyl groups excluding tert-OH is 1. The largest absolute Gasteiger partial charge is 0.507 e. The van der Waals surface area contributed by atoms with Crippen LogP contribution in [0.4, 0.5) is 0 Å². The fourth-order valence-corrected chi connectivity index (χ4v) is 8.24. The Hall–Kier alpha value is -6.88. The van der Waals surface area contributed by atoms with Crippen LogP contribution in [0.2, 0.25) is 0 Å². The third-order valence-electron chi connectivity index (χ3n) is 11.1. The highest BCUT2D eigenvalue weighted by molar-refractivity contribution is 6.17. The van der Waals surface area contributed by atoms with Gasteiger partial charge in [-0.25, -0.2) is 9.59 Å². The average molecular weight is 839 g/mol. The Morgan fingerprint density at radius 3 is 1.82 bits per heavy atom. The standard InChI is InChI=1S/C47H46N6O9/c1-2-48-19-21-52-41(29-12-17-50-18-13-29)39-37-35(47(59)62-26-54)25-61-45(37)32-8-7-27(23-33(32)43(39)56)9-14-51-20-22-53-40(28-10-15-49-16-11-28)38-36-34(46(57)58)24-60-44(36)31-6-4-3-5-30(31)42(38)55/h3-8,10-13,15-18,23-25,40-41,48,51-56H,2,9,14,19-22,26H2,1H3,(H,57,58). The van der Waals surface area contributed by atoms with Crippen LogP contribution in [0.3, 0.4) is 0 Å². The van der Waals surface area contributed by atoms with Crippen molar-refractivity contribution >= 4 is 55.4 Å². The third kappa shape index (κ3) is 8.14. The first-order chi connectivity index (χ1) is 30.3. The number of hydrogen-bond donors (Lipinski definition) is 8. The van der Waals surface area contributed by atoms with Crippen molar-refractivity contribution in [3.63, 3.8) is 0 Å². The van der Waals surface area contributed by atoms with Crippen molar-refractivity contribution in [1.29, 1.82) is 0 Å². The van der Waals surface area contributed by atoms with Crippen molar-refractivity contribution in [1.82, 2.24) is 31.2 Å². The molecule has 2 unspecified atom stereocenters. The van der Waals surface area contributed by atoms with E-state index in [0.29, 0.717) is 93.8 Å². The molecular weight excluding hydrogens is 793 g/mol. The van der Waals surface area contributed by atoms with E-state index in [4.69, 9.17) is 13.6 Å². The van der Waals surface area contributed by atoms with Gasteiger partial charge in [-0.2, -0.15) is 0 Å². The molecular formula is C47H46N6O9. The number of aromatic carboxylic acids is 1. The van der Waals surface area contributed by atoms with Gasteiger partial charge in [0, 0.05) is 94.4 Å². The number of pyridine rings is 2. The summed E-state index contributed by atoms with van der Waals surface area (Å²) in [6, 6.07) is 19.1. The summed E-state index contributed by atoms with van der Waals surface area (Å²) in [7, 11) is 0. The van der Waals surface area contributed by atoms with Gasteiger partial charge in [0.05, 0.1) is 12.1 Å². The smallest absolute Gasteiger partial charge is 0.344 e. The Bertz CT molecular complexity index is 2860. The van der Waals surface area contributed by atoms with Crippen molar-refractivity contribution in [3.8, 4) is 11.5 Å². The maximum atomic E-state index is 13.1. The molecule has 8 N–H and O–H groups in total. The monoisotopic (exact) mass is 838 g/mol. The van der Waals surface area contributed by atoms with Crippen LogP contribution in [0.25, 0.3) is 43.5 Å². The zero-order chi connectivity index (χ0) is 43.2. The van der Waals surface area contributed by atoms with Gasteiger partial charge in [-0.05, 0) is 66.5 Å². The summed E-state index contributed by atoms with van der Waals surface area (Å²) in [6.07, 6.45) is 9.74. The van der Waals surface area contributed by atoms with E-state index < -0.39 is 30.8 Å². The molecule has 8 aromatic rings. The number of phenolic OH excluding ortho intramolecular Hbond substituents is 2. The second kappa shape index (κ2) is 18.8. The normalized spacial score (nSPS) is 12.7. The van der Waals surface area contributed by atoms with Gasteiger partial charge in [0.25, 0.3) is 0 Å². The molecule has 62 heavy (non-hydrogen) atoms. The number of benzene rings is 4. The maximum Gasteiger partial charge on any atom is 0.344 e. The first-order valence-electron chi connectivity index (χ1n) is 20.3. The Labute approximate surface area is 355 Å². The van der Waals surface area contributed by atoms with Gasteiger partial charge < -0.3 is 55.3 Å². The lowest BCUT2D eigenvalue weighted by molar-refractivity contribution is 0.00692. The quantitative estimate of drug-likeness (QED) is 0.0255. The van der Waals surface area contributed by atoms with Crippen LogP contribution >= 0.6 is 0 Å². The first kappa shape index (κ1) is 41.8. The van der Waals surface area contributed by atoms with Crippen molar-refractivity contribution in [2.45, 2.75) is 25.4 Å². The van der Waals surface area contributed by atoms with E-state index in [1.54, 1.807) is 36.9 Å². The number of phenols is 2. The highest BCUT2D eigenvalue weighted by Gasteiger charge is 2.31. The minimum atomic E-state index is -1.17. The fourth-order valence-electron chi connectivity index (χ4n) is 8.24. The summed E-state index contributed by atoms with van der Waals surface area (Å²) in [6.45, 7) is 4.72. The number of aromatic nitrogens is 2. The lowest BCUT2D eigenvalue weighted by atomic mass is 9.89. The number of carbonyl (C=O) groups excluding carboxylic acids is 1. The Morgan fingerprint density at radius 2 is 1.23 bits per heavy atom. The van der Waals surface area contributed by atoms with Gasteiger partial charge in [-0.3, -0.25) is 9.97 Å². The molecule has 0 aliphatic heterocycles. The average Bonchev–Trinajstić information content (AvgIpc) is 3.95. The predicted octanol–water partition coefficient (Wildman–Crippen LogP) is 6.29. The number of esters is 1. The highest BCUT2D eigenvalue weighted by Crippen LogP contribution is 2.46. The summed E-state index contributed by atoms with van der Waals surface area (Å²) in [4.78, 5) is 33.9. The second-order valence-electron chi connectivity index (χ2n) is 14.7. The summed E-state index contributed by atoms with van der Waals surface area (Å²) >= 11 is 0. The summed E-state index contributed by atoms with van der Waals surface area (Å²) < 4.78 is 16.9. The Morgan fingerprint density at radius 1 is 0.677 bits per heavy atom. The van der Waals surface area contributed by atoms with Crippen LogP contribution < -0.4 is 21.3 Å². The van der Waals surface area contributed by atoms with Crippen LogP contribution in [-0.2, 0) is 11.2 Å². The number of nitrogens with one attached hydrogen (secondary N) is 4. The fraction of sp³-hybridized carbons (Fsp3) is 0.234. The number of carbonyl (C=O) groups is 2. The Kier molecular flexibility index (Phi) is 12.7. The van der Waals surface area contributed by atoms with E-state index in [0.717, 1.165) is 23.2 Å². The van der Waals surface area contributed by atoms with Crippen molar-refractivity contribution in [2.24, 2.45) is 0 Å². The number of carboxylic acids is 1. The number of aromatic hydroxyl groups is 2. The SMILES string of the molecule is CCNCCNC(c1ccncc1)c1c(O)c2cc(CCNCCNC(c3ccncc3)c3c(O)c4ccccc4c4occ(C(=O)O)c34)ccc2c2occ(C(=O)OCO)c12. The minimum Gasteiger partial charge on any atom is -0.507 e. The number of aliphatic hydroxyl groups is 1. The van der Waals surface area contributed by atoms with Crippen LogP contribution in [0.5, 0.6) is 11.5 Å². The Balaban J connectivity index is 1.06. The van der Waals surface area contributed by atoms with Gasteiger partial charge in [0.15, 0.2) is 6.79 Å². The molecule has 0 spiro atoms. The van der Waals surface area contributed by atoms with Crippen LogP contribution in [0, 0.1) is 0 Å². The summed E-state index contributed by atoms with van der Waals surface area (Å²) in [5.41, 5.74) is 4.15. The molecule has 15 heteroatoms. The van der Waals surface area contributed by atoms with E-state index in [-0.39, 0.29) is 22.6 Å². The van der Waals surface area contributed by atoms with Crippen LogP contribution in [-0.4, -0.2) is 88.4 Å². The van der Waals surface area contributed by atoms with Crippen molar-refractivity contribution in [2.75, 3.05) is 46.1 Å². The van der Waals surface area contributed by atoms with Crippen molar-refractivity contribution < 1.29 is 43.6 Å². The predicted molar refractivity (Wildman–Crippen MR) is 234 cm³/mol. The molecule has 0 amide bonds. The molecule has 2 atom stereocenters. The van der Waals surface area contributed by atoms with E-state index in [1.807, 2.05) is 61.5 Å². The van der Waals surface area contributed by atoms with E-state index in [1.165, 1.54) is 12.5 Å². The molecule has 4 aromatic heterocycles. The molecule has 4 aromatic carbocycles. The number of fused-ring (bicyclic) bond motifs is 6. The van der Waals surface area contributed by atoms with Gasteiger partial charge >= 0.3 is 11.9 Å². The van der Waals surface area contributed by atoms with Gasteiger partial charge in [-0.1, -0.05) is 43.3 Å². The molecule has 4 heterocycles. The molecule has 318 valence electrons. The molecule has 0 fully saturated rings. The molecule has 0 radical (unpaired) electrons. The number of carboxylic acid groups (broad SMARTS) is 1. The molecule has 0 bridgehead atoms. The lowest BCUT2D eigenvalue weighted by Crippen LogP contribution is -2.32. The zero-order valence-corrected chi connectivity index (χ0v) is 33.9. The van der Waals surface area contributed by atoms with Crippen molar-refractivity contribution in [3.05, 3.63) is 143 Å². The molecule has 0 saturated heterocycles. The van der Waals surface area contributed by atoms with E-state index in [9.17, 15) is 30.0 Å². The first-order valence-corrected chi connectivity index (χ1v) is 20.3. The maximum absolute atomic E-state index is 13.1. The van der Waals surface area contributed by atoms with Gasteiger partial charge in [0.2, 0.25) is 0 Å². The number of nitrogens with zero attached hydrogens (tertiary/aromatic N) is 2. The van der Waals surface area contributed by atoms with E-state index in [2.05, 4.69) is 31.2 Å². The minimum absolute atomic E-state index is 0.0272. The second-order valence-corrected chi connectivity index (χ2v) is 14.7. The number of likely N-dealkylation sites (N-methyl/N-ethyl adjacent to an activating group) is 1. The number of hydrogen-bond acceptors (Lipinski definition) is 14. The van der Waals surface area contributed by atoms with Gasteiger partial charge in [-0.15, -0.1) is 0 Å². The summed E-state index contributed by atoms with van der Waals surface area (Å²) in [5, 5.41) is 60.4. The topological polar surface area (TPSA) is 224 Å².